The first-order chi connectivity index (χ1) is 15.5. The third kappa shape index (κ3) is 7.30. The normalized spacial score (nSPS) is 16.0. The molecule has 8 heteroatoms. The number of hydrogen-bond donors (Lipinski definition) is 3. The van der Waals surface area contributed by atoms with Crippen molar-refractivity contribution in [2.45, 2.75) is 45.3 Å². The maximum absolute atomic E-state index is 11.9. The minimum absolute atomic E-state index is 0.187. The van der Waals surface area contributed by atoms with Crippen LogP contribution in [0.1, 0.15) is 42.8 Å². The van der Waals surface area contributed by atoms with Crippen LogP contribution in [-0.4, -0.2) is 60.9 Å². The average Bonchev–Trinajstić information content (AvgIpc) is 3.31. The molecule has 1 amide bonds. The first kappa shape index (κ1) is 23.7. The molecule has 1 atom stereocenters. The van der Waals surface area contributed by atoms with Gasteiger partial charge in [0.05, 0.1) is 25.5 Å². The van der Waals surface area contributed by atoms with Gasteiger partial charge in [0, 0.05) is 32.1 Å². The average molecular weight is 443 g/mol. The second-order valence-corrected chi connectivity index (χ2v) is 7.98. The van der Waals surface area contributed by atoms with Gasteiger partial charge in [0.25, 0.3) is 0 Å². The van der Waals surface area contributed by atoms with E-state index in [1.54, 1.807) is 11.2 Å². The summed E-state index contributed by atoms with van der Waals surface area (Å²) in [6.45, 7) is 6.39. The van der Waals surface area contributed by atoms with E-state index in [0.717, 1.165) is 36.1 Å². The van der Waals surface area contributed by atoms with E-state index in [1.165, 1.54) is 0 Å². The molecule has 2 heterocycles. The molecule has 1 fully saturated rings. The Bertz CT molecular complexity index is 861. The van der Waals surface area contributed by atoms with Crippen LogP contribution < -0.4 is 10.6 Å². The number of nitrogens with one attached hydrogen (secondary N) is 2. The third-order valence-electron chi connectivity index (χ3n) is 5.45. The van der Waals surface area contributed by atoms with E-state index in [0.29, 0.717) is 32.2 Å². The van der Waals surface area contributed by atoms with Crippen LogP contribution in [0.5, 0.6) is 0 Å². The summed E-state index contributed by atoms with van der Waals surface area (Å²) in [6, 6.07) is 11.8. The van der Waals surface area contributed by atoms with E-state index in [4.69, 9.17) is 9.15 Å². The fraction of sp³-hybridized carbons (Fsp3) is 0.500. The molecule has 1 saturated heterocycles. The van der Waals surface area contributed by atoms with E-state index < -0.39 is 6.10 Å². The Hall–Kier alpha value is -3.00. The van der Waals surface area contributed by atoms with Crippen molar-refractivity contribution >= 4 is 12.1 Å². The summed E-state index contributed by atoms with van der Waals surface area (Å²) in [4.78, 5) is 18.3. The van der Waals surface area contributed by atoms with Crippen molar-refractivity contribution in [1.82, 2.24) is 15.5 Å². The number of benzene rings is 1. The molecule has 0 saturated carbocycles. The molecule has 0 bridgehead atoms. The lowest BCUT2D eigenvalue weighted by molar-refractivity contribution is 0.0963. The van der Waals surface area contributed by atoms with Crippen LogP contribution in [0.3, 0.4) is 0 Å². The molecule has 8 nitrogen and oxygen atoms in total. The van der Waals surface area contributed by atoms with Crippen LogP contribution in [0.4, 0.5) is 4.79 Å². The fourth-order valence-electron chi connectivity index (χ4n) is 3.69. The molecule has 0 aliphatic carbocycles. The number of aliphatic hydroxyl groups is 1. The Morgan fingerprint density at radius 1 is 1.31 bits per heavy atom. The molecule has 1 aromatic carbocycles. The number of carbonyl (C=O) groups is 1. The molecule has 0 radical (unpaired) electrons. The molecule has 174 valence electrons. The van der Waals surface area contributed by atoms with Crippen LogP contribution in [0, 0.1) is 6.92 Å². The van der Waals surface area contributed by atoms with E-state index in [2.05, 4.69) is 15.6 Å². The zero-order chi connectivity index (χ0) is 22.8. The lowest BCUT2D eigenvalue weighted by Crippen LogP contribution is -2.50. The topological polar surface area (TPSA) is 99.3 Å². The highest BCUT2D eigenvalue weighted by Gasteiger charge is 2.24. The molecule has 2 aromatic rings. The van der Waals surface area contributed by atoms with Crippen molar-refractivity contribution in [3.05, 3.63) is 59.5 Å². The van der Waals surface area contributed by atoms with Crippen LogP contribution in [0.15, 0.2) is 52.1 Å². The highest BCUT2D eigenvalue weighted by molar-refractivity contribution is 5.80. The zero-order valence-corrected chi connectivity index (χ0v) is 18.9. The predicted octanol–water partition coefficient (Wildman–Crippen LogP) is 3.02. The highest BCUT2D eigenvalue weighted by Crippen LogP contribution is 2.15. The second kappa shape index (κ2) is 12.1. The van der Waals surface area contributed by atoms with E-state index in [9.17, 15) is 9.90 Å². The summed E-state index contributed by atoms with van der Waals surface area (Å²) in [5.74, 6) is 1.55. The number of hydrogen-bond acceptors (Lipinski definition) is 5. The molecule has 3 rings (SSSR count). The molecule has 1 aliphatic heterocycles. The first-order valence-corrected chi connectivity index (χ1v) is 11.3. The Labute approximate surface area is 189 Å². The number of aliphatic hydroxyl groups excluding tert-OH is 1. The minimum Gasteiger partial charge on any atom is -0.469 e. The largest absolute Gasteiger partial charge is 0.469 e. The molecule has 1 aromatic heterocycles. The van der Waals surface area contributed by atoms with Gasteiger partial charge in [-0.3, -0.25) is 4.99 Å². The number of amides is 1. The number of piperidine rings is 1. The number of furan rings is 1. The van der Waals surface area contributed by atoms with Gasteiger partial charge in [-0.15, -0.1) is 0 Å². The maximum atomic E-state index is 11.9. The summed E-state index contributed by atoms with van der Waals surface area (Å²) in [7, 11) is 0. The molecule has 32 heavy (non-hydrogen) atoms. The smallest absolute Gasteiger partial charge is 0.409 e. The fourth-order valence-corrected chi connectivity index (χ4v) is 3.69. The van der Waals surface area contributed by atoms with Crippen LogP contribution in [0.25, 0.3) is 0 Å². The van der Waals surface area contributed by atoms with Gasteiger partial charge in [0.1, 0.15) is 5.76 Å². The molecule has 3 N–H and O–H groups in total. The standard InChI is InChI=1S/C24H34N4O4/c1-3-31-24(30)28-13-10-20(11-14-28)27-23(25-12-9-21-8-5-15-32-21)26-17-22(29)19-7-4-6-18(2)16-19/h4-8,15-16,20,22,29H,3,9-14,17H2,1-2H3,(H2,25,26,27). The number of rotatable bonds is 8. The number of ether oxygens (including phenoxy) is 1. The first-order valence-electron chi connectivity index (χ1n) is 11.3. The van der Waals surface area contributed by atoms with Gasteiger partial charge in [-0.1, -0.05) is 29.8 Å². The molecule has 1 aliphatic rings. The quantitative estimate of drug-likeness (QED) is 0.429. The van der Waals surface area contributed by atoms with E-state index in [-0.39, 0.29) is 18.7 Å². The molecule has 1 unspecified atom stereocenters. The van der Waals surface area contributed by atoms with Crippen molar-refractivity contribution in [2.24, 2.45) is 4.99 Å². The van der Waals surface area contributed by atoms with Crippen LogP contribution in [0.2, 0.25) is 0 Å². The lowest BCUT2D eigenvalue weighted by Gasteiger charge is -2.32. The predicted molar refractivity (Wildman–Crippen MR) is 124 cm³/mol. The van der Waals surface area contributed by atoms with Gasteiger partial charge in [-0.05, 0) is 44.4 Å². The van der Waals surface area contributed by atoms with Crippen LogP contribution >= 0.6 is 0 Å². The van der Waals surface area contributed by atoms with Gasteiger partial charge in [0.2, 0.25) is 0 Å². The third-order valence-corrected chi connectivity index (χ3v) is 5.45. The van der Waals surface area contributed by atoms with Crippen molar-refractivity contribution in [3.63, 3.8) is 0 Å². The SMILES string of the molecule is CCOC(=O)N1CCC(NC(=NCC(O)c2cccc(C)c2)NCCc2ccco2)CC1. The van der Waals surface area contributed by atoms with Crippen LogP contribution in [-0.2, 0) is 11.2 Å². The summed E-state index contributed by atoms with van der Waals surface area (Å²) in [6.07, 6.45) is 3.08. The summed E-state index contributed by atoms with van der Waals surface area (Å²) in [5.41, 5.74) is 1.96. The van der Waals surface area contributed by atoms with Gasteiger partial charge < -0.3 is 29.8 Å². The molecular formula is C24H34N4O4. The second-order valence-electron chi connectivity index (χ2n) is 7.98. The number of likely N-dealkylation sites (tertiary alicyclic amines) is 1. The number of carbonyl (C=O) groups excluding carboxylic acids is 1. The number of aliphatic imine (C=N–C) groups is 1. The summed E-state index contributed by atoms with van der Waals surface area (Å²) >= 11 is 0. The van der Waals surface area contributed by atoms with Crippen molar-refractivity contribution < 1.29 is 19.1 Å². The number of aryl methyl sites for hydroxylation is 1. The van der Waals surface area contributed by atoms with Crippen molar-refractivity contribution in [3.8, 4) is 0 Å². The zero-order valence-electron chi connectivity index (χ0n) is 18.9. The lowest BCUT2D eigenvalue weighted by atomic mass is 10.1. The number of guanidine groups is 1. The number of nitrogens with zero attached hydrogens (tertiary/aromatic N) is 2. The maximum Gasteiger partial charge on any atom is 0.409 e. The van der Waals surface area contributed by atoms with E-state index >= 15 is 0 Å². The van der Waals surface area contributed by atoms with Crippen molar-refractivity contribution in [1.29, 1.82) is 0 Å². The van der Waals surface area contributed by atoms with E-state index in [1.807, 2.05) is 50.2 Å². The highest BCUT2D eigenvalue weighted by atomic mass is 16.6. The Kier molecular flexibility index (Phi) is 8.98. The molecular weight excluding hydrogens is 408 g/mol. The Morgan fingerprint density at radius 2 is 2.12 bits per heavy atom. The summed E-state index contributed by atoms with van der Waals surface area (Å²) < 4.78 is 10.5. The minimum atomic E-state index is -0.677. The summed E-state index contributed by atoms with van der Waals surface area (Å²) in [5, 5.41) is 17.4. The van der Waals surface area contributed by atoms with Gasteiger partial charge >= 0.3 is 6.09 Å². The Morgan fingerprint density at radius 3 is 2.81 bits per heavy atom. The van der Waals surface area contributed by atoms with Gasteiger partial charge in [-0.2, -0.15) is 0 Å². The molecule has 0 spiro atoms. The van der Waals surface area contributed by atoms with Crippen molar-refractivity contribution in [2.75, 3.05) is 32.8 Å². The monoisotopic (exact) mass is 442 g/mol. The van der Waals surface area contributed by atoms with Gasteiger partial charge in [-0.25, -0.2) is 4.79 Å². The van der Waals surface area contributed by atoms with Gasteiger partial charge in [0.15, 0.2) is 5.96 Å². The Balaban J connectivity index is 1.57.